The number of rotatable bonds is 3. The summed E-state index contributed by atoms with van der Waals surface area (Å²) < 4.78 is 0. The molecule has 2 rings (SSSR count). The number of hydrogen-bond acceptors (Lipinski definition) is 4. The van der Waals surface area contributed by atoms with Crippen LogP contribution in [0.2, 0.25) is 0 Å². The SMILES string of the molecule is CC(C)CN1C(=O)CCC(N)C1c1cscn1. The molecule has 2 N–H and O–H groups in total. The van der Waals surface area contributed by atoms with Gasteiger partial charge in [0.25, 0.3) is 0 Å². The van der Waals surface area contributed by atoms with Crippen LogP contribution < -0.4 is 5.73 Å². The van der Waals surface area contributed by atoms with Gasteiger partial charge in [-0.2, -0.15) is 0 Å². The van der Waals surface area contributed by atoms with E-state index in [1.807, 2.05) is 10.3 Å². The van der Waals surface area contributed by atoms with Crippen molar-refractivity contribution in [2.75, 3.05) is 6.54 Å². The first-order chi connectivity index (χ1) is 8.09. The third kappa shape index (κ3) is 2.66. The van der Waals surface area contributed by atoms with Crippen molar-refractivity contribution in [3.05, 3.63) is 16.6 Å². The number of likely N-dealkylation sites (tertiary alicyclic amines) is 1. The highest BCUT2D eigenvalue weighted by Crippen LogP contribution is 2.31. The second-order valence-corrected chi connectivity index (χ2v) is 5.72. The van der Waals surface area contributed by atoms with Gasteiger partial charge in [0.1, 0.15) is 0 Å². The number of piperidine rings is 1. The fourth-order valence-electron chi connectivity index (χ4n) is 2.33. The number of carbonyl (C=O) groups excluding carboxylic acids is 1. The molecular formula is C12H19N3OS. The largest absolute Gasteiger partial charge is 0.332 e. The van der Waals surface area contributed by atoms with E-state index in [9.17, 15) is 4.79 Å². The van der Waals surface area contributed by atoms with Gasteiger partial charge in [0, 0.05) is 24.4 Å². The molecule has 0 spiro atoms. The number of nitrogens with zero attached hydrogens (tertiary/aromatic N) is 2. The fraction of sp³-hybridized carbons (Fsp3) is 0.667. The van der Waals surface area contributed by atoms with Gasteiger partial charge in [-0.15, -0.1) is 11.3 Å². The van der Waals surface area contributed by atoms with Crippen LogP contribution in [0, 0.1) is 5.92 Å². The maximum Gasteiger partial charge on any atom is 0.223 e. The van der Waals surface area contributed by atoms with Gasteiger partial charge in [-0.25, -0.2) is 4.98 Å². The van der Waals surface area contributed by atoms with Crippen LogP contribution in [-0.2, 0) is 4.79 Å². The predicted molar refractivity (Wildman–Crippen MR) is 68.6 cm³/mol. The van der Waals surface area contributed by atoms with Crippen molar-refractivity contribution >= 4 is 17.2 Å². The molecule has 2 unspecified atom stereocenters. The highest BCUT2D eigenvalue weighted by Gasteiger charge is 2.36. The number of hydrogen-bond donors (Lipinski definition) is 1. The molecule has 2 atom stereocenters. The van der Waals surface area contributed by atoms with E-state index in [4.69, 9.17) is 5.73 Å². The van der Waals surface area contributed by atoms with Crippen molar-refractivity contribution in [3.8, 4) is 0 Å². The Labute approximate surface area is 106 Å². The third-order valence-electron chi connectivity index (χ3n) is 3.07. The molecule has 94 valence electrons. The molecule has 1 aliphatic heterocycles. The molecular weight excluding hydrogens is 234 g/mol. The van der Waals surface area contributed by atoms with E-state index in [0.717, 1.165) is 18.7 Å². The van der Waals surface area contributed by atoms with Gasteiger partial charge in [0.05, 0.1) is 17.2 Å². The number of thiazole rings is 1. The first kappa shape index (κ1) is 12.5. The third-order valence-corrected chi connectivity index (χ3v) is 3.67. The first-order valence-electron chi connectivity index (χ1n) is 6.02. The molecule has 1 aromatic heterocycles. The lowest BCUT2D eigenvalue weighted by Gasteiger charge is -2.39. The lowest BCUT2D eigenvalue weighted by molar-refractivity contribution is -0.138. The molecule has 17 heavy (non-hydrogen) atoms. The Morgan fingerprint density at radius 3 is 3.00 bits per heavy atom. The predicted octanol–water partition coefficient (Wildman–Crippen LogP) is 1.79. The zero-order valence-corrected chi connectivity index (χ0v) is 11.1. The average molecular weight is 253 g/mol. The van der Waals surface area contributed by atoms with Gasteiger partial charge < -0.3 is 10.6 Å². The molecule has 0 saturated carbocycles. The van der Waals surface area contributed by atoms with E-state index in [0.29, 0.717) is 12.3 Å². The molecule has 2 heterocycles. The lowest BCUT2D eigenvalue weighted by Crippen LogP contribution is -2.50. The molecule has 1 fully saturated rings. The maximum atomic E-state index is 12.0. The second-order valence-electron chi connectivity index (χ2n) is 5.00. The molecule has 0 aliphatic carbocycles. The highest BCUT2D eigenvalue weighted by atomic mass is 32.1. The quantitative estimate of drug-likeness (QED) is 0.893. The Morgan fingerprint density at radius 2 is 2.41 bits per heavy atom. The number of amides is 1. The lowest BCUT2D eigenvalue weighted by atomic mass is 9.93. The van der Waals surface area contributed by atoms with Crippen LogP contribution in [-0.4, -0.2) is 28.4 Å². The fourth-order valence-corrected chi connectivity index (χ4v) is 2.92. The molecule has 1 amide bonds. The Kier molecular flexibility index (Phi) is 3.79. The van der Waals surface area contributed by atoms with Crippen LogP contribution in [0.4, 0.5) is 0 Å². The van der Waals surface area contributed by atoms with Crippen molar-refractivity contribution in [2.45, 2.75) is 38.8 Å². The average Bonchev–Trinajstić information content (AvgIpc) is 2.76. The summed E-state index contributed by atoms with van der Waals surface area (Å²) in [6.07, 6.45) is 1.32. The minimum absolute atomic E-state index is 0.00792. The molecule has 1 aliphatic rings. The molecule has 0 aromatic carbocycles. The minimum atomic E-state index is -0.0371. The molecule has 5 heteroatoms. The summed E-state index contributed by atoms with van der Waals surface area (Å²) >= 11 is 1.55. The number of aromatic nitrogens is 1. The molecule has 1 saturated heterocycles. The van der Waals surface area contributed by atoms with Crippen molar-refractivity contribution in [3.63, 3.8) is 0 Å². The Hall–Kier alpha value is -0.940. The molecule has 0 radical (unpaired) electrons. The second kappa shape index (κ2) is 5.14. The first-order valence-corrected chi connectivity index (χ1v) is 6.97. The summed E-state index contributed by atoms with van der Waals surface area (Å²) in [6.45, 7) is 4.99. The van der Waals surface area contributed by atoms with Crippen LogP contribution in [0.1, 0.15) is 38.4 Å². The van der Waals surface area contributed by atoms with E-state index in [-0.39, 0.29) is 18.0 Å². The van der Waals surface area contributed by atoms with E-state index in [2.05, 4.69) is 18.8 Å². The number of nitrogens with two attached hydrogens (primary N) is 1. The van der Waals surface area contributed by atoms with Gasteiger partial charge in [0.2, 0.25) is 5.91 Å². The van der Waals surface area contributed by atoms with Crippen molar-refractivity contribution < 1.29 is 4.79 Å². The van der Waals surface area contributed by atoms with Crippen LogP contribution in [0.15, 0.2) is 10.9 Å². The summed E-state index contributed by atoms with van der Waals surface area (Å²) in [5, 5.41) is 2.00. The summed E-state index contributed by atoms with van der Waals surface area (Å²) in [6, 6.07) is -0.0292. The Balaban J connectivity index is 2.25. The highest BCUT2D eigenvalue weighted by molar-refractivity contribution is 7.07. The zero-order chi connectivity index (χ0) is 12.4. The van der Waals surface area contributed by atoms with Gasteiger partial charge in [0.15, 0.2) is 0 Å². The molecule has 0 bridgehead atoms. The van der Waals surface area contributed by atoms with Gasteiger partial charge in [-0.1, -0.05) is 13.8 Å². The minimum Gasteiger partial charge on any atom is -0.332 e. The summed E-state index contributed by atoms with van der Waals surface area (Å²) in [4.78, 5) is 18.3. The van der Waals surface area contributed by atoms with Crippen molar-refractivity contribution in [1.29, 1.82) is 0 Å². The normalized spacial score (nSPS) is 25.6. The van der Waals surface area contributed by atoms with Crippen LogP contribution >= 0.6 is 11.3 Å². The van der Waals surface area contributed by atoms with Gasteiger partial charge in [-0.3, -0.25) is 4.79 Å². The van der Waals surface area contributed by atoms with Crippen LogP contribution in [0.3, 0.4) is 0 Å². The topological polar surface area (TPSA) is 59.2 Å². The van der Waals surface area contributed by atoms with Gasteiger partial charge >= 0.3 is 0 Å². The molecule has 1 aromatic rings. The van der Waals surface area contributed by atoms with E-state index in [1.54, 1.807) is 16.8 Å². The maximum absolute atomic E-state index is 12.0. The number of carbonyl (C=O) groups is 1. The smallest absolute Gasteiger partial charge is 0.223 e. The van der Waals surface area contributed by atoms with E-state index >= 15 is 0 Å². The van der Waals surface area contributed by atoms with Crippen molar-refractivity contribution in [1.82, 2.24) is 9.88 Å². The van der Waals surface area contributed by atoms with E-state index in [1.165, 1.54) is 0 Å². The zero-order valence-electron chi connectivity index (χ0n) is 10.3. The standard InChI is InChI=1S/C12H19N3OS/c1-8(2)5-15-11(16)4-3-9(13)12(15)10-6-17-7-14-10/h6-9,12H,3-5,13H2,1-2H3. The Bertz CT molecular complexity index is 377. The summed E-state index contributed by atoms with van der Waals surface area (Å²) in [5.41, 5.74) is 8.91. The van der Waals surface area contributed by atoms with Gasteiger partial charge in [-0.05, 0) is 12.3 Å². The summed E-state index contributed by atoms with van der Waals surface area (Å²) in [7, 11) is 0. The molecule has 4 nitrogen and oxygen atoms in total. The van der Waals surface area contributed by atoms with Crippen molar-refractivity contribution in [2.24, 2.45) is 11.7 Å². The van der Waals surface area contributed by atoms with Crippen LogP contribution in [0.5, 0.6) is 0 Å². The van der Waals surface area contributed by atoms with Crippen LogP contribution in [0.25, 0.3) is 0 Å². The Morgan fingerprint density at radius 1 is 1.65 bits per heavy atom. The summed E-state index contributed by atoms with van der Waals surface area (Å²) in [5.74, 6) is 0.656. The van der Waals surface area contributed by atoms with E-state index < -0.39 is 0 Å². The monoisotopic (exact) mass is 253 g/mol.